The van der Waals surface area contributed by atoms with Crippen LogP contribution in [0.15, 0.2) is 70.6 Å². The lowest BCUT2D eigenvalue weighted by atomic mass is 10.0. The number of aromatic nitrogens is 3. The van der Waals surface area contributed by atoms with Gasteiger partial charge in [-0.1, -0.05) is 42.8 Å². The number of nitrogens with one attached hydrogen (secondary N) is 2. The summed E-state index contributed by atoms with van der Waals surface area (Å²) in [5.41, 5.74) is 8.88. The number of benzene rings is 2. The van der Waals surface area contributed by atoms with Crippen LogP contribution < -0.4 is 11.1 Å². The van der Waals surface area contributed by atoms with Gasteiger partial charge in [0.05, 0.1) is 22.5 Å². The molecule has 0 aliphatic carbocycles. The molecule has 0 bridgehead atoms. The van der Waals surface area contributed by atoms with Gasteiger partial charge >= 0.3 is 0 Å². The van der Waals surface area contributed by atoms with Gasteiger partial charge in [-0.05, 0) is 73.5 Å². The molecule has 4 aromatic rings. The molecule has 9 heteroatoms. The molecule has 0 atom stereocenters. The van der Waals surface area contributed by atoms with Crippen molar-refractivity contribution in [3.8, 4) is 0 Å². The zero-order chi connectivity index (χ0) is 27.7. The minimum atomic E-state index is -2.74. The Balaban J connectivity index is 1.38. The van der Waals surface area contributed by atoms with Gasteiger partial charge in [0.25, 0.3) is 11.8 Å². The summed E-state index contributed by atoms with van der Waals surface area (Å²) in [6.07, 6.45) is 7.82. The van der Waals surface area contributed by atoms with Gasteiger partial charge in [0.1, 0.15) is 0 Å². The largest absolute Gasteiger partial charge is 0.355 e. The summed E-state index contributed by atoms with van der Waals surface area (Å²) in [5.74, 6) is -2.87. The number of hydrogen-bond donors (Lipinski definition) is 3. The van der Waals surface area contributed by atoms with Crippen LogP contribution in [0.4, 0.5) is 8.78 Å². The first-order valence-corrected chi connectivity index (χ1v) is 13.9. The SMILES string of the molecule is CNC(=O)c1ccccc1Sc1ccc2c(/C=C/c3ccc(CC(F)(F)CCCCCCN)cn3)n[nH]c2c1. The summed E-state index contributed by atoms with van der Waals surface area (Å²) in [4.78, 5) is 18.4. The van der Waals surface area contributed by atoms with E-state index in [9.17, 15) is 13.6 Å². The summed E-state index contributed by atoms with van der Waals surface area (Å²) in [6.45, 7) is 0.607. The summed E-state index contributed by atoms with van der Waals surface area (Å²) in [7, 11) is 1.62. The number of amides is 1. The van der Waals surface area contributed by atoms with E-state index in [1.165, 1.54) is 18.0 Å². The highest BCUT2D eigenvalue weighted by Crippen LogP contribution is 2.33. The molecule has 204 valence electrons. The number of halogens is 2. The number of rotatable bonds is 13. The lowest BCUT2D eigenvalue weighted by molar-refractivity contribution is -0.00956. The van der Waals surface area contributed by atoms with Crippen LogP contribution in [0.2, 0.25) is 0 Å². The molecule has 4 rings (SSSR count). The highest BCUT2D eigenvalue weighted by Gasteiger charge is 2.28. The molecule has 0 saturated heterocycles. The average molecular weight is 550 g/mol. The van der Waals surface area contributed by atoms with Crippen LogP contribution >= 0.6 is 11.8 Å². The predicted molar refractivity (Wildman–Crippen MR) is 154 cm³/mol. The van der Waals surface area contributed by atoms with Gasteiger partial charge in [0.2, 0.25) is 0 Å². The molecule has 0 fully saturated rings. The van der Waals surface area contributed by atoms with Gasteiger partial charge in [-0.2, -0.15) is 5.10 Å². The second kappa shape index (κ2) is 13.5. The Hall–Kier alpha value is -3.56. The molecule has 0 aliphatic rings. The first kappa shape index (κ1) is 28.4. The van der Waals surface area contributed by atoms with Gasteiger partial charge in [-0.3, -0.25) is 14.9 Å². The Morgan fingerprint density at radius 1 is 1.08 bits per heavy atom. The maximum Gasteiger partial charge on any atom is 0.252 e. The monoisotopic (exact) mass is 549 g/mol. The minimum absolute atomic E-state index is 0.119. The van der Waals surface area contributed by atoms with Crippen molar-refractivity contribution in [2.24, 2.45) is 5.73 Å². The first-order valence-electron chi connectivity index (χ1n) is 13.1. The molecule has 0 aliphatic heterocycles. The van der Waals surface area contributed by atoms with Gasteiger partial charge in [-0.15, -0.1) is 0 Å². The molecule has 2 aromatic carbocycles. The number of carbonyl (C=O) groups excluding carboxylic acids is 1. The van der Waals surface area contributed by atoms with E-state index in [1.54, 1.807) is 25.2 Å². The van der Waals surface area contributed by atoms with E-state index in [4.69, 9.17) is 5.73 Å². The van der Waals surface area contributed by atoms with Crippen LogP contribution in [0.25, 0.3) is 23.1 Å². The third-order valence-electron chi connectivity index (χ3n) is 6.37. The van der Waals surface area contributed by atoms with Gasteiger partial charge < -0.3 is 11.1 Å². The van der Waals surface area contributed by atoms with Gasteiger partial charge in [0, 0.05) is 41.3 Å². The lowest BCUT2D eigenvalue weighted by Gasteiger charge is -2.16. The Morgan fingerprint density at radius 2 is 1.90 bits per heavy atom. The Morgan fingerprint density at radius 3 is 2.67 bits per heavy atom. The maximum atomic E-state index is 14.3. The fourth-order valence-electron chi connectivity index (χ4n) is 4.29. The molecule has 2 heterocycles. The van der Waals surface area contributed by atoms with Crippen LogP contribution in [0.5, 0.6) is 0 Å². The van der Waals surface area contributed by atoms with Crippen LogP contribution in [0.1, 0.15) is 59.4 Å². The zero-order valence-electron chi connectivity index (χ0n) is 21.9. The van der Waals surface area contributed by atoms with E-state index in [2.05, 4.69) is 20.5 Å². The van der Waals surface area contributed by atoms with Crippen molar-refractivity contribution in [3.05, 3.63) is 83.3 Å². The van der Waals surface area contributed by atoms with Crippen molar-refractivity contribution in [1.82, 2.24) is 20.5 Å². The third-order valence-corrected chi connectivity index (χ3v) is 7.43. The second-order valence-corrected chi connectivity index (χ2v) is 10.5. The highest BCUT2D eigenvalue weighted by molar-refractivity contribution is 7.99. The van der Waals surface area contributed by atoms with E-state index < -0.39 is 5.92 Å². The smallest absolute Gasteiger partial charge is 0.252 e. The highest BCUT2D eigenvalue weighted by atomic mass is 32.2. The number of pyridine rings is 1. The van der Waals surface area contributed by atoms with Crippen molar-refractivity contribution in [1.29, 1.82) is 0 Å². The average Bonchev–Trinajstić information content (AvgIpc) is 3.34. The predicted octanol–water partition coefficient (Wildman–Crippen LogP) is 6.73. The molecule has 0 spiro atoms. The number of hydrogen-bond acceptors (Lipinski definition) is 5. The van der Waals surface area contributed by atoms with E-state index >= 15 is 0 Å². The number of nitrogens with two attached hydrogens (primary N) is 1. The summed E-state index contributed by atoms with van der Waals surface area (Å²) >= 11 is 1.51. The van der Waals surface area contributed by atoms with Crippen molar-refractivity contribution in [3.63, 3.8) is 0 Å². The standard InChI is InChI=1S/C30H33F2N5OS/c1-34-29(38)25-8-4-5-9-28(25)39-23-13-14-24-26(36-37-27(24)18-23)15-12-22-11-10-21(20-35-22)19-30(31,32)16-6-2-3-7-17-33/h4-5,8-15,18,20H,2-3,6-7,16-17,19,33H2,1H3,(H,34,38)(H,36,37)/b15-12+. The van der Waals surface area contributed by atoms with E-state index in [0.717, 1.165) is 45.7 Å². The number of fused-ring (bicyclic) bond motifs is 1. The molecule has 4 N–H and O–H groups in total. The minimum Gasteiger partial charge on any atom is -0.355 e. The lowest BCUT2D eigenvalue weighted by Crippen LogP contribution is -2.19. The van der Waals surface area contributed by atoms with Crippen molar-refractivity contribution < 1.29 is 13.6 Å². The number of H-pyrrole nitrogens is 1. The number of aromatic amines is 1. The topological polar surface area (TPSA) is 96.7 Å². The van der Waals surface area contributed by atoms with Gasteiger partial charge in [0.15, 0.2) is 0 Å². The van der Waals surface area contributed by atoms with E-state index in [-0.39, 0.29) is 18.7 Å². The quantitative estimate of drug-likeness (QED) is 0.161. The van der Waals surface area contributed by atoms with Crippen molar-refractivity contribution in [2.45, 2.75) is 54.2 Å². The van der Waals surface area contributed by atoms with Crippen LogP contribution in [-0.4, -0.2) is 40.6 Å². The normalized spacial score (nSPS) is 11.9. The fourth-order valence-corrected chi connectivity index (χ4v) is 5.27. The second-order valence-electron chi connectivity index (χ2n) is 9.40. The zero-order valence-corrected chi connectivity index (χ0v) is 22.7. The van der Waals surface area contributed by atoms with Crippen LogP contribution in [-0.2, 0) is 6.42 Å². The molecule has 0 radical (unpaired) electrons. The molecule has 2 aromatic heterocycles. The number of unbranched alkanes of at least 4 members (excludes halogenated alkanes) is 3. The summed E-state index contributed by atoms with van der Waals surface area (Å²) < 4.78 is 28.7. The number of carbonyl (C=O) groups is 1. The van der Waals surface area contributed by atoms with Crippen molar-refractivity contribution >= 4 is 40.7 Å². The van der Waals surface area contributed by atoms with Crippen LogP contribution in [0.3, 0.4) is 0 Å². The number of alkyl halides is 2. The number of nitrogens with zero attached hydrogens (tertiary/aromatic N) is 2. The Bertz CT molecular complexity index is 1420. The first-order chi connectivity index (χ1) is 18.9. The molecular weight excluding hydrogens is 516 g/mol. The maximum absolute atomic E-state index is 14.3. The molecule has 0 saturated carbocycles. The van der Waals surface area contributed by atoms with E-state index in [1.807, 2.05) is 48.6 Å². The van der Waals surface area contributed by atoms with E-state index in [0.29, 0.717) is 29.8 Å². The molecule has 0 unspecified atom stereocenters. The molecule has 6 nitrogen and oxygen atoms in total. The summed E-state index contributed by atoms with van der Waals surface area (Å²) in [6, 6.07) is 16.9. The molecule has 1 amide bonds. The summed E-state index contributed by atoms with van der Waals surface area (Å²) in [5, 5.41) is 11.1. The Labute approximate surface area is 231 Å². The third kappa shape index (κ3) is 7.97. The van der Waals surface area contributed by atoms with Crippen molar-refractivity contribution in [2.75, 3.05) is 13.6 Å². The van der Waals surface area contributed by atoms with Gasteiger partial charge in [-0.25, -0.2) is 8.78 Å². The van der Waals surface area contributed by atoms with Crippen LogP contribution in [0, 0.1) is 0 Å². The molecule has 39 heavy (non-hydrogen) atoms. The Kier molecular flexibility index (Phi) is 9.84. The molecular formula is C30H33F2N5OS. The fraction of sp³-hybridized carbons (Fsp3) is 0.300.